The minimum atomic E-state index is -4.92. The Kier molecular flexibility index (Phi) is 9.33. The summed E-state index contributed by atoms with van der Waals surface area (Å²) in [5.41, 5.74) is -2.96. The van der Waals surface area contributed by atoms with Crippen LogP contribution in [-0.2, 0) is 6.18 Å². The van der Waals surface area contributed by atoms with Crippen molar-refractivity contribution in [2.24, 2.45) is 0 Å². The number of nitrogens with one attached hydrogen (secondary N) is 2. The lowest BCUT2D eigenvalue weighted by atomic mass is 10.0. The highest BCUT2D eigenvalue weighted by atomic mass is 19.4. The van der Waals surface area contributed by atoms with E-state index in [0.717, 1.165) is 12.3 Å². The lowest BCUT2D eigenvalue weighted by molar-refractivity contribution is -0.138. The quantitative estimate of drug-likeness (QED) is 0.267. The number of aromatic amines is 1. The first kappa shape index (κ1) is 29.2. The van der Waals surface area contributed by atoms with Crippen molar-refractivity contribution in [1.82, 2.24) is 25.1 Å². The monoisotopic (exact) mass is 552 g/mol. The molecule has 2 N–H and O–H groups in total. The van der Waals surface area contributed by atoms with Crippen molar-refractivity contribution in [3.05, 3.63) is 69.8 Å². The minimum Gasteiger partial charge on any atom is -0.494 e. The number of aldehydes is 1. The third-order valence-corrected chi connectivity index (χ3v) is 5.55. The number of methoxy groups -OCH3 is 1. The van der Waals surface area contributed by atoms with E-state index in [0.29, 0.717) is 17.6 Å². The third-order valence-electron chi connectivity index (χ3n) is 5.55. The summed E-state index contributed by atoms with van der Waals surface area (Å²) in [6.45, 7) is 1.33. The van der Waals surface area contributed by atoms with Crippen molar-refractivity contribution < 1.29 is 31.5 Å². The molecule has 0 aliphatic rings. The van der Waals surface area contributed by atoms with Gasteiger partial charge >= 0.3 is 6.18 Å². The number of carbonyl (C=O) groups is 1. The number of halogens is 5. The van der Waals surface area contributed by atoms with E-state index in [9.17, 15) is 31.5 Å². The average Bonchev–Trinajstić information content (AvgIpc) is 2.86. The molecule has 0 fully saturated rings. The van der Waals surface area contributed by atoms with Crippen molar-refractivity contribution in [2.45, 2.75) is 31.7 Å². The largest absolute Gasteiger partial charge is 0.494 e. The molecule has 39 heavy (non-hydrogen) atoms. The van der Waals surface area contributed by atoms with Gasteiger partial charge in [0.05, 0.1) is 37.0 Å². The van der Waals surface area contributed by atoms with Gasteiger partial charge < -0.3 is 15.0 Å². The number of hydrogen-bond donors (Lipinski definition) is 2. The second-order valence-electron chi connectivity index (χ2n) is 8.64. The van der Waals surface area contributed by atoms with E-state index in [1.807, 2.05) is 0 Å². The molecule has 9 nitrogen and oxygen atoms in total. The number of hydrogen-bond acceptors (Lipinski definition) is 8. The Bertz CT molecular complexity index is 1380. The van der Waals surface area contributed by atoms with Gasteiger partial charge in [-0.3, -0.25) is 9.59 Å². The Morgan fingerprint density at radius 1 is 1.18 bits per heavy atom. The highest BCUT2D eigenvalue weighted by Crippen LogP contribution is 2.32. The molecule has 1 aromatic carbocycles. The first-order chi connectivity index (χ1) is 18.4. The van der Waals surface area contributed by atoms with Crippen LogP contribution >= 0.6 is 0 Å². The molecular formula is C25H25F5N6O3. The van der Waals surface area contributed by atoms with Crippen molar-refractivity contribution in [1.29, 1.82) is 0 Å². The maximum Gasteiger partial charge on any atom is 0.423 e. The number of carbonyl (C=O) groups excluding carboxylic acids is 1. The maximum atomic E-state index is 14.7. The zero-order chi connectivity index (χ0) is 28.7. The summed E-state index contributed by atoms with van der Waals surface area (Å²) < 4.78 is 74.0. The molecule has 0 aliphatic heterocycles. The first-order valence-electron chi connectivity index (χ1n) is 11.5. The number of anilines is 1. The van der Waals surface area contributed by atoms with Crippen LogP contribution in [0.1, 0.15) is 34.8 Å². The lowest BCUT2D eigenvalue weighted by Gasteiger charge is -2.22. The van der Waals surface area contributed by atoms with Gasteiger partial charge in [0.2, 0.25) is 0 Å². The molecule has 0 bridgehead atoms. The molecule has 0 saturated carbocycles. The molecule has 3 aromatic rings. The Balaban J connectivity index is 1.68. The SMILES string of the molecule is COc1cnc(-c2cc(/C=C\N(C)CC(F)CC(C)Nc3cn[nH]c(=O)c3C(F)(F)F)c(C=O)cc2F)nc1. The van der Waals surface area contributed by atoms with Gasteiger partial charge in [-0.1, -0.05) is 0 Å². The van der Waals surface area contributed by atoms with Crippen molar-refractivity contribution in [3.8, 4) is 17.1 Å². The van der Waals surface area contributed by atoms with E-state index in [1.54, 1.807) is 12.1 Å². The van der Waals surface area contributed by atoms with Gasteiger partial charge in [-0.05, 0) is 36.9 Å². The number of aromatic nitrogens is 4. The van der Waals surface area contributed by atoms with Crippen LogP contribution in [0.4, 0.5) is 27.6 Å². The highest BCUT2D eigenvalue weighted by molar-refractivity contribution is 5.84. The van der Waals surface area contributed by atoms with Crippen molar-refractivity contribution in [3.63, 3.8) is 0 Å². The van der Waals surface area contributed by atoms with E-state index in [1.165, 1.54) is 49.7 Å². The number of rotatable bonds is 11. The molecule has 3 rings (SSSR count). The highest BCUT2D eigenvalue weighted by Gasteiger charge is 2.37. The summed E-state index contributed by atoms with van der Waals surface area (Å²) in [5, 5.41) is 7.60. The zero-order valence-electron chi connectivity index (χ0n) is 21.1. The van der Waals surface area contributed by atoms with Crippen molar-refractivity contribution in [2.75, 3.05) is 26.0 Å². The summed E-state index contributed by atoms with van der Waals surface area (Å²) in [5.74, 6) is -0.253. The minimum absolute atomic E-state index is 0.0429. The Morgan fingerprint density at radius 2 is 1.87 bits per heavy atom. The van der Waals surface area contributed by atoms with E-state index in [2.05, 4.69) is 20.4 Å². The van der Waals surface area contributed by atoms with Gasteiger partial charge in [0.1, 0.15) is 17.6 Å². The maximum absolute atomic E-state index is 14.7. The topological polar surface area (TPSA) is 113 Å². The van der Waals surface area contributed by atoms with Crippen molar-refractivity contribution >= 4 is 18.0 Å². The fourth-order valence-electron chi connectivity index (χ4n) is 3.74. The van der Waals surface area contributed by atoms with E-state index >= 15 is 0 Å². The smallest absolute Gasteiger partial charge is 0.423 e. The Labute approximate surface area is 219 Å². The molecule has 2 atom stereocenters. The molecule has 2 unspecified atom stereocenters. The van der Waals surface area contributed by atoms with Gasteiger partial charge in [-0.2, -0.15) is 18.3 Å². The van der Waals surface area contributed by atoms with Crippen LogP contribution in [0.15, 0.2) is 41.7 Å². The zero-order valence-corrected chi connectivity index (χ0v) is 21.1. The Hall–Kier alpha value is -4.36. The normalized spacial score (nSPS) is 13.2. The van der Waals surface area contributed by atoms with E-state index in [4.69, 9.17) is 4.74 Å². The second-order valence-corrected chi connectivity index (χ2v) is 8.64. The van der Waals surface area contributed by atoms with Crippen LogP contribution in [-0.4, -0.2) is 64.3 Å². The van der Waals surface area contributed by atoms with E-state index < -0.39 is 41.0 Å². The summed E-state index contributed by atoms with van der Waals surface area (Å²) in [6, 6.07) is 1.66. The summed E-state index contributed by atoms with van der Waals surface area (Å²) in [7, 11) is 2.99. The molecule has 208 valence electrons. The van der Waals surface area contributed by atoms with Crippen LogP contribution in [0.2, 0.25) is 0 Å². The van der Waals surface area contributed by atoms with Crippen LogP contribution in [0.5, 0.6) is 5.75 Å². The molecule has 0 amide bonds. The lowest BCUT2D eigenvalue weighted by Crippen LogP contribution is -2.30. The average molecular weight is 553 g/mol. The summed E-state index contributed by atoms with van der Waals surface area (Å²) in [6.07, 6.45) is 0.420. The van der Waals surface area contributed by atoms with Crippen LogP contribution in [0.25, 0.3) is 17.5 Å². The van der Waals surface area contributed by atoms with Crippen LogP contribution in [0.3, 0.4) is 0 Å². The van der Waals surface area contributed by atoms with E-state index in [-0.39, 0.29) is 29.9 Å². The van der Waals surface area contributed by atoms with Gasteiger partial charge in [0.25, 0.3) is 5.56 Å². The van der Waals surface area contributed by atoms with Gasteiger partial charge in [0.15, 0.2) is 17.9 Å². The molecule has 14 heteroatoms. The number of ether oxygens (including phenoxy) is 1. The van der Waals surface area contributed by atoms with Gasteiger partial charge in [-0.15, -0.1) is 0 Å². The van der Waals surface area contributed by atoms with Crippen LogP contribution < -0.4 is 15.6 Å². The van der Waals surface area contributed by atoms with Gasteiger partial charge in [-0.25, -0.2) is 23.8 Å². The van der Waals surface area contributed by atoms with Crippen LogP contribution in [0, 0.1) is 5.82 Å². The first-order valence-corrected chi connectivity index (χ1v) is 11.5. The number of nitrogens with zero attached hydrogens (tertiary/aromatic N) is 4. The predicted molar refractivity (Wildman–Crippen MR) is 133 cm³/mol. The molecule has 2 heterocycles. The molecule has 0 spiro atoms. The fourth-order valence-corrected chi connectivity index (χ4v) is 3.74. The third kappa shape index (κ3) is 7.58. The standard InChI is InChI=1S/C25H25F5N6O3/c1-14(34-21-11-33-35-24(38)22(21)25(28,29)30)6-17(26)12-36(2)5-4-15-7-19(20(27)8-16(15)13-37)23-31-9-18(39-3)10-32-23/h4-5,7-11,13-14,17H,6,12H2,1-3H3,(H2,34,35,38)/b5-4-. The molecule has 0 radical (unpaired) electrons. The number of benzene rings is 1. The molecule has 0 saturated heterocycles. The summed E-state index contributed by atoms with van der Waals surface area (Å²) in [4.78, 5) is 32.7. The second kappa shape index (κ2) is 12.5. The molecule has 0 aliphatic carbocycles. The molecular weight excluding hydrogens is 527 g/mol. The number of H-pyrrole nitrogens is 1. The summed E-state index contributed by atoms with van der Waals surface area (Å²) >= 11 is 0. The predicted octanol–water partition coefficient (Wildman–Crippen LogP) is 4.34. The fraction of sp³-hybridized carbons (Fsp3) is 0.320. The Morgan fingerprint density at radius 3 is 2.49 bits per heavy atom. The molecule has 2 aromatic heterocycles. The van der Waals surface area contributed by atoms with Gasteiger partial charge in [0, 0.05) is 31.6 Å². The number of alkyl halides is 4.